The molecule has 4 amide bonds. The van der Waals surface area contributed by atoms with Crippen LogP contribution in [-0.2, 0) is 80.8 Å². The van der Waals surface area contributed by atoms with Crippen molar-refractivity contribution in [3.8, 4) is 0 Å². The van der Waals surface area contributed by atoms with E-state index in [1.165, 1.54) is 109 Å². The Morgan fingerprint density at radius 1 is 0.430 bits per heavy atom. The average molecular weight is 1750 g/mol. The standard InChI is InChI=1S/C81H144N4O36/c1-6-8-10-12-14-16-18-20-21-23-25-27-29-31-33-35-56(98)85-47(48(95)34-32-30-28-26-24-22-19-17-15-13-11-9-7-2)43-110-77-66(105)65(104)70(54(41-90)114-77)117-78-67(106)73(62(101)52(39-88)112-78)119-76-59(84-46(5)94)64(103)69(53(40-89)113-76)116-79-68(107)74(71(55(42-91)115-79)118-75-58(83-45(4)93)63(102)61(100)51(38-87)111-75)121-81(80(108)109)36-49(96)57(82-44(3)92)72(120-81)60(99)50(97)37-86/h32,34,47-55,57-79,86-91,95-97,99-107H,6-31,33,35-43H2,1-5H3,(H,82,92)(H,83,93)(H,84,94)(H,85,98)(H,108,109)/b34-32+/t47-,48+,49?,50+,51?,52?,53?,54?,55?,57+,58?,59?,60+,61-,62-,63+,64+,65+,66?,67?,68?,69+,70+,71-,72?,73-,74+,75-,76-,77+,78-,79-,81-/m0/s1. The Bertz CT molecular complexity index is 2960. The van der Waals surface area contributed by atoms with Gasteiger partial charge in [0.15, 0.2) is 31.5 Å². The van der Waals surface area contributed by atoms with Crippen molar-refractivity contribution < 1.29 is 178 Å². The number of hydrogen-bond donors (Lipinski definition) is 23. The minimum absolute atomic E-state index is 0.152. The van der Waals surface area contributed by atoms with E-state index < -0.39 is 278 Å². The van der Waals surface area contributed by atoms with E-state index in [1.54, 1.807) is 6.08 Å². The highest BCUT2D eigenvalue weighted by atomic mass is 16.8. The van der Waals surface area contributed by atoms with Crippen molar-refractivity contribution in [3.05, 3.63) is 12.2 Å². The van der Waals surface area contributed by atoms with Gasteiger partial charge in [0.05, 0.1) is 70.5 Å². The third kappa shape index (κ3) is 31.7. The molecule has 121 heavy (non-hydrogen) atoms. The maximum atomic E-state index is 13.7. The Hall–Kier alpha value is -4.11. The van der Waals surface area contributed by atoms with Crippen molar-refractivity contribution in [1.82, 2.24) is 21.3 Å². The van der Waals surface area contributed by atoms with Gasteiger partial charge in [0.1, 0.15) is 140 Å². The molecule has 0 aromatic carbocycles. The summed E-state index contributed by atoms with van der Waals surface area (Å²) in [6.45, 7) is 0.0819. The predicted octanol–water partition coefficient (Wildman–Crippen LogP) is -3.07. The summed E-state index contributed by atoms with van der Waals surface area (Å²) in [5, 5.41) is 224. The largest absolute Gasteiger partial charge is 0.477 e. The molecule has 0 bridgehead atoms. The SMILES string of the molecule is CCCCCCCCCCCCC/C=C/[C@@H](O)[C@H](CO[C@@H]1OC(CO)[C@@H](O[C@@H]2OC(CO)[C@H](O)[C@H](O[C@@H]3OC(CO)[C@@H](O[C@@H]4OC(CO)[C@H](O[C@@H]5OC(CO)[C@H](O)[C@H](O)C5NC(C)=O)[C@H](O[C@]5(C(=O)O)CC(O)[C@@H](NC(C)=O)C([C@H](O)[C@H](O)CO)O5)C4O)[C@H](O)C3NC(C)=O)C2O)[C@H](O)C1O)NC(=O)CCCCCCCCCCCCCCCCC. The molecule has 0 aromatic rings. The van der Waals surface area contributed by atoms with Crippen molar-refractivity contribution in [1.29, 1.82) is 0 Å². The number of unbranched alkanes of at least 4 members (excludes halogenated alkanes) is 25. The number of allylic oxidation sites excluding steroid dienone is 1. The van der Waals surface area contributed by atoms with Crippen LogP contribution < -0.4 is 21.3 Å². The molecule has 12 unspecified atom stereocenters. The van der Waals surface area contributed by atoms with Crippen LogP contribution in [0.5, 0.6) is 0 Å². The first kappa shape index (κ1) is 106. The fourth-order valence-corrected chi connectivity index (χ4v) is 16.2. The zero-order chi connectivity index (χ0) is 89.0. The Kier molecular flexibility index (Phi) is 48.0. The molecule has 704 valence electrons. The van der Waals surface area contributed by atoms with Gasteiger partial charge in [-0.3, -0.25) is 19.2 Å². The number of hydrogen-bond acceptors (Lipinski definition) is 35. The number of ether oxygens (including phenoxy) is 12. The van der Waals surface area contributed by atoms with E-state index in [2.05, 4.69) is 35.1 Å². The van der Waals surface area contributed by atoms with Gasteiger partial charge in [-0.25, -0.2) is 4.79 Å². The molecule has 23 N–H and O–H groups in total. The number of carbonyl (C=O) groups is 5. The second-order valence-electron chi connectivity index (χ2n) is 32.8. The van der Waals surface area contributed by atoms with Gasteiger partial charge >= 0.3 is 5.97 Å². The van der Waals surface area contributed by atoms with Gasteiger partial charge in [-0.1, -0.05) is 180 Å². The molecule has 6 saturated heterocycles. The first-order valence-corrected chi connectivity index (χ1v) is 43.6. The molecule has 6 aliphatic heterocycles. The van der Waals surface area contributed by atoms with Crippen LogP contribution in [0, 0.1) is 0 Å². The molecule has 6 fully saturated rings. The maximum Gasteiger partial charge on any atom is 0.364 e. The monoisotopic (exact) mass is 1750 g/mol. The van der Waals surface area contributed by atoms with Crippen molar-refractivity contribution in [2.24, 2.45) is 0 Å². The van der Waals surface area contributed by atoms with Crippen LogP contribution in [0.2, 0.25) is 0 Å². The molecule has 6 heterocycles. The molecule has 40 nitrogen and oxygen atoms in total. The topological polar surface area (TPSA) is 629 Å². The van der Waals surface area contributed by atoms with Crippen LogP contribution in [0.4, 0.5) is 0 Å². The third-order valence-corrected chi connectivity index (χ3v) is 23.1. The van der Waals surface area contributed by atoms with E-state index in [0.717, 1.165) is 72.1 Å². The normalized spacial score (nSPS) is 35.8. The second-order valence-corrected chi connectivity index (χ2v) is 32.8. The van der Waals surface area contributed by atoms with Gasteiger partial charge in [-0.05, 0) is 19.3 Å². The highest BCUT2D eigenvalue weighted by molar-refractivity contribution is 5.77. The average Bonchev–Trinajstić information content (AvgIpc) is 0.741. The molecule has 33 atom stereocenters. The summed E-state index contributed by atoms with van der Waals surface area (Å²) in [5.41, 5.74) is 0. The van der Waals surface area contributed by atoms with E-state index in [9.17, 15) is 121 Å². The van der Waals surface area contributed by atoms with Crippen molar-refractivity contribution in [2.75, 3.05) is 46.2 Å². The fourth-order valence-electron chi connectivity index (χ4n) is 16.2. The Balaban J connectivity index is 1.18. The molecule has 0 radical (unpaired) electrons. The van der Waals surface area contributed by atoms with E-state index in [4.69, 9.17) is 56.8 Å². The summed E-state index contributed by atoms with van der Waals surface area (Å²) in [7, 11) is 0. The quantitative estimate of drug-likeness (QED) is 0.0212. The summed E-state index contributed by atoms with van der Waals surface area (Å²) >= 11 is 0. The van der Waals surface area contributed by atoms with Crippen molar-refractivity contribution in [3.63, 3.8) is 0 Å². The molecule has 0 spiro atoms. The zero-order valence-corrected chi connectivity index (χ0v) is 70.5. The van der Waals surface area contributed by atoms with Gasteiger partial charge < -0.3 is 175 Å². The number of rotatable bonds is 56. The molecule has 0 aromatic heterocycles. The number of amides is 4. The minimum atomic E-state index is -3.39. The van der Waals surface area contributed by atoms with Gasteiger partial charge in [0.2, 0.25) is 23.6 Å². The Labute approximate surface area is 707 Å². The number of nitrogens with one attached hydrogen (secondary N) is 4. The molecule has 0 saturated carbocycles. The van der Waals surface area contributed by atoms with E-state index in [0.29, 0.717) is 12.8 Å². The Morgan fingerprint density at radius 3 is 1.31 bits per heavy atom. The number of carbonyl (C=O) groups excluding carboxylic acids is 4. The molecule has 40 heteroatoms. The van der Waals surface area contributed by atoms with Gasteiger partial charge in [-0.15, -0.1) is 0 Å². The number of aliphatic hydroxyl groups is 18. The number of aliphatic hydroxyl groups excluding tert-OH is 18. The molecule has 6 aliphatic rings. The first-order chi connectivity index (χ1) is 57.9. The van der Waals surface area contributed by atoms with Crippen LogP contribution in [-0.4, -0.2) is 375 Å². The highest BCUT2D eigenvalue weighted by Gasteiger charge is 2.63. The summed E-state index contributed by atoms with van der Waals surface area (Å²) in [6.07, 6.45) is -25.2. The van der Waals surface area contributed by atoms with E-state index in [-0.39, 0.29) is 12.3 Å². The first-order valence-electron chi connectivity index (χ1n) is 43.6. The summed E-state index contributed by atoms with van der Waals surface area (Å²) < 4.78 is 72.1. The predicted molar refractivity (Wildman–Crippen MR) is 423 cm³/mol. The highest BCUT2D eigenvalue weighted by Crippen LogP contribution is 2.42. The molecular formula is C81H144N4O36. The fraction of sp³-hybridized carbons (Fsp3) is 0.914. The Morgan fingerprint density at radius 2 is 0.826 bits per heavy atom. The summed E-state index contributed by atoms with van der Waals surface area (Å²) in [5.74, 6) is -8.64. The lowest BCUT2D eigenvalue weighted by atomic mass is 9.88. The third-order valence-electron chi connectivity index (χ3n) is 23.1. The number of carboxylic acid groups (broad SMARTS) is 1. The van der Waals surface area contributed by atoms with Crippen LogP contribution >= 0.6 is 0 Å². The van der Waals surface area contributed by atoms with Crippen LogP contribution in [0.15, 0.2) is 12.2 Å². The minimum Gasteiger partial charge on any atom is -0.477 e. The maximum absolute atomic E-state index is 13.7. The zero-order valence-electron chi connectivity index (χ0n) is 70.5. The van der Waals surface area contributed by atoms with Crippen LogP contribution in [0.25, 0.3) is 0 Å². The lowest BCUT2D eigenvalue weighted by molar-refractivity contribution is -0.401. The number of carboxylic acids is 1. The van der Waals surface area contributed by atoms with Gasteiger partial charge in [-0.2, -0.15) is 0 Å². The molecular weight excluding hydrogens is 1600 g/mol. The van der Waals surface area contributed by atoms with Crippen molar-refractivity contribution >= 4 is 29.6 Å². The summed E-state index contributed by atoms with van der Waals surface area (Å²) in [4.78, 5) is 65.5. The number of aliphatic carboxylic acids is 1. The second kappa shape index (κ2) is 54.9. The lowest BCUT2D eigenvalue weighted by Crippen LogP contribution is -2.72. The summed E-state index contributed by atoms with van der Waals surface area (Å²) in [6, 6.07) is -6.67. The van der Waals surface area contributed by atoms with Crippen molar-refractivity contribution in [2.45, 2.75) is 423 Å². The lowest BCUT2D eigenvalue weighted by Gasteiger charge is -2.52. The smallest absolute Gasteiger partial charge is 0.364 e. The van der Waals surface area contributed by atoms with E-state index >= 15 is 0 Å². The van der Waals surface area contributed by atoms with Crippen LogP contribution in [0.3, 0.4) is 0 Å². The van der Waals surface area contributed by atoms with Crippen LogP contribution in [0.1, 0.15) is 221 Å². The van der Waals surface area contributed by atoms with Gasteiger partial charge in [0, 0.05) is 33.6 Å². The molecule has 6 rings (SSSR count). The molecule has 0 aliphatic carbocycles. The van der Waals surface area contributed by atoms with E-state index in [1.807, 2.05) is 6.08 Å². The van der Waals surface area contributed by atoms with Gasteiger partial charge in [0.25, 0.3) is 5.79 Å².